The fourth-order valence-electron chi connectivity index (χ4n) is 5.67. The number of hydrogen-bond donors (Lipinski definition) is 0. The number of fused-ring (bicyclic) bond motifs is 3. The molecule has 0 saturated carbocycles. The van der Waals surface area contributed by atoms with Crippen LogP contribution in [0.4, 0.5) is 0 Å². The van der Waals surface area contributed by atoms with E-state index >= 15 is 0 Å². The van der Waals surface area contributed by atoms with Crippen LogP contribution < -0.4 is 0 Å². The topological polar surface area (TPSA) is 22.8 Å². The van der Waals surface area contributed by atoms with Gasteiger partial charge in [0.25, 0.3) is 0 Å². The van der Waals surface area contributed by atoms with Crippen LogP contribution in [0.3, 0.4) is 0 Å². The van der Waals surface area contributed by atoms with Crippen molar-refractivity contribution in [3.05, 3.63) is 113 Å². The van der Waals surface area contributed by atoms with Gasteiger partial charge in [-0.15, -0.1) is 0 Å². The third kappa shape index (κ3) is 3.30. The highest BCUT2D eigenvalue weighted by Gasteiger charge is 2.17. The van der Waals surface area contributed by atoms with Crippen molar-refractivity contribution < 1.29 is 0 Å². The summed E-state index contributed by atoms with van der Waals surface area (Å²) in [4.78, 5) is 4.76. The molecule has 35 heavy (non-hydrogen) atoms. The molecule has 2 heterocycles. The zero-order valence-corrected chi connectivity index (χ0v) is 20.9. The van der Waals surface area contributed by atoms with Gasteiger partial charge in [-0.25, -0.2) is 4.98 Å². The van der Waals surface area contributed by atoms with Crippen LogP contribution in [0.25, 0.3) is 44.6 Å². The number of imidazole rings is 1. The van der Waals surface area contributed by atoms with E-state index < -0.39 is 0 Å². The predicted molar refractivity (Wildman–Crippen MR) is 147 cm³/mol. The lowest BCUT2D eigenvalue weighted by molar-refractivity contribution is 1.03. The van der Waals surface area contributed by atoms with Crippen LogP contribution in [0, 0.1) is 34.6 Å². The van der Waals surface area contributed by atoms with Crippen molar-refractivity contribution in [2.24, 2.45) is 0 Å². The molecule has 0 spiro atoms. The maximum atomic E-state index is 4.76. The molecule has 2 aromatic heterocycles. The van der Waals surface area contributed by atoms with Crippen LogP contribution >= 0.6 is 0 Å². The number of hydrogen-bond acceptors (Lipinski definition) is 1. The first kappa shape index (κ1) is 21.4. The highest BCUT2D eigenvalue weighted by atomic mass is 15.1. The Bertz CT molecular complexity index is 1730. The fraction of sp³-hybridized carbons (Fsp3) is 0.156. The van der Waals surface area contributed by atoms with Crippen LogP contribution in [-0.2, 0) is 0 Å². The van der Waals surface area contributed by atoms with Crippen LogP contribution in [0.1, 0.15) is 27.8 Å². The zero-order chi connectivity index (χ0) is 24.3. The average Bonchev–Trinajstić information content (AvgIpc) is 3.42. The second-order valence-corrected chi connectivity index (χ2v) is 9.69. The second-order valence-electron chi connectivity index (χ2n) is 9.69. The molecule has 0 aliphatic heterocycles. The van der Waals surface area contributed by atoms with Crippen molar-refractivity contribution >= 4 is 21.8 Å². The fourth-order valence-corrected chi connectivity index (χ4v) is 5.67. The molecule has 0 amide bonds. The Labute approximate surface area is 206 Å². The number of aryl methyl sites for hydroxylation is 5. The highest BCUT2D eigenvalue weighted by molar-refractivity contribution is 6.11. The molecule has 0 bridgehead atoms. The minimum Gasteiger partial charge on any atom is -0.309 e. The van der Waals surface area contributed by atoms with Gasteiger partial charge in [-0.3, -0.25) is 4.57 Å². The van der Waals surface area contributed by atoms with Gasteiger partial charge < -0.3 is 4.57 Å². The third-order valence-electron chi connectivity index (χ3n) is 7.13. The van der Waals surface area contributed by atoms with E-state index in [0.717, 1.165) is 11.4 Å². The summed E-state index contributed by atoms with van der Waals surface area (Å²) in [5.74, 6) is 0.964. The molecule has 0 N–H and O–H groups in total. The van der Waals surface area contributed by atoms with Crippen LogP contribution in [0.5, 0.6) is 0 Å². The van der Waals surface area contributed by atoms with Crippen molar-refractivity contribution in [1.29, 1.82) is 0 Å². The van der Waals surface area contributed by atoms with E-state index in [1.54, 1.807) is 0 Å². The average molecular weight is 456 g/mol. The maximum Gasteiger partial charge on any atom is 0.144 e. The lowest BCUT2D eigenvalue weighted by Crippen LogP contribution is -2.02. The van der Waals surface area contributed by atoms with E-state index in [2.05, 4.69) is 123 Å². The Morgan fingerprint density at radius 1 is 0.657 bits per heavy atom. The molecule has 4 aromatic carbocycles. The summed E-state index contributed by atoms with van der Waals surface area (Å²) in [5.41, 5.74) is 12.3. The molecule has 0 fully saturated rings. The molecule has 172 valence electrons. The van der Waals surface area contributed by atoms with E-state index in [0.29, 0.717) is 0 Å². The molecule has 3 heteroatoms. The minimum atomic E-state index is 0.964. The molecule has 0 aliphatic carbocycles. The van der Waals surface area contributed by atoms with E-state index in [4.69, 9.17) is 4.98 Å². The number of nitrogens with zero attached hydrogens (tertiary/aromatic N) is 3. The van der Waals surface area contributed by atoms with Gasteiger partial charge in [-0.2, -0.15) is 0 Å². The molecule has 3 nitrogen and oxygen atoms in total. The van der Waals surface area contributed by atoms with Crippen molar-refractivity contribution in [3.8, 4) is 22.8 Å². The molecule has 0 unspecified atom stereocenters. The van der Waals surface area contributed by atoms with Gasteiger partial charge in [0.1, 0.15) is 5.82 Å². The van der Waals surface area contributed by atoms with Crippen LogP contribution in [-0.4, -0.2) is 14.1 Å². The van der Waals surface area contributed by atoms with Gasteiger partial charge in [0.2, 0.25) is 0 Å². The van der Waals surface area contributed by atoms with Gasteiger partial charge in [-0.05, 0) is 92.8 Å². The molecule has 0 saturated heterocycles. The van der Waals surface area contributed by atoms with Crippen LogP contribution in [0.2, 0.25) is 0 Å². The number of rotatable bonds is 3. The Morgan fingerprint density at radius 3 is 2.20 bits per heavy atom. The SMILES string of the molecule is Cc1cc(C)c2c3ccccc3n(-c3ccc(-c4nccn4-c4c(C)cccc4C)cc3C)c2c1. The Balaban J connectivity index is 1.56. The van der Waals surface area contributed by atoms with Gasteiger partial charge in [-0.1, -0.05) is 42.5 Å². The Morgan fingerprint density at radius 2 is 1.43 bits per heavy atom. The van der Waals surface area contributed by atoms with E-state index in [1.807, 2.05) is 6.20 Å². The summed E-state index contributed by atoms with van der Waals surface area (Å²) in [6.07, 6.45) is 3.95. The lowest BCUT2D eigenvalue weighted by Gasteiger charge is -2.16. The van der Waals surface area contributed by atoms with Gasteiger partial charge in [0.15, 0.2) is 0 Å². The number of benzene rings is 4. The summed E-state index contributed by atoms with van der Waals surface area (Å²) >= 11 is 0. The van der Waals surface area contributed by atoms with Crippen LogP contribution in [0.15, 0.2) is 85.2 Å². The first-order valence-corrected chi connectivity index (χ1v) is 12.2. The van der Waals surface area contributed by atoms with Gasteiger partial charge >= 0.3 is 0 Å². The Kier molecular flexibility index (Phi) is 4.89. The number of para-hydroxylation sites is 2. The molecule has 0 atom stereocenters. The highest BCUT2D eigenvalue weighted by Crippen LogP contribution is 2.36. The summed E-state index contributed by atoms with van der Waals surface area (Å²) < 4.78 is 4.63. The smallest absolute Gasteiger partial charge is 0.144 e. The monoisotopic (exact) mass is 455 g/mol. The quantitative estimate of drug-likeness (QED) is 0.264. The van der Waals surface area contributed by atoms with E-state index in [-0.39, 0.29) is 0 Å². The standard InChI is InChI=1S/C32H29N3/c1-20-17-24(5)30-26-11-6-7-12-28(26)35(29(30)18-20)27-14-13-25(19-23(27)4)32-33-15-16-34(32)31-21(2)9-8-10-22(31)3/h6-19H,1-5H3. The molecule has 0 aliphatic rings. The molecular weight excluding hydrogens is 426 g/mol. The van der Waals surface area contributed by atoms with Crippen molar-refractivity contribution in [3.63, 3.8) is 0 Å². The zero-order valence-electron chi connectivity index (χ0n) is 20.9. The van der Waals surface area contributed by atoms with Crippen molar-refractivity contribution in [2.45, 2.75) is 34.6 Å². The lowest BCUT2D eigenvalue weighted by atomic mass is 10.0. The van der Waals surface area contributed by atoms with E-state index in [1.165, 1.54) is 61.0 Å². The molecule has 6 rings (SSSR count). The van der Waals surface area contributed by atoms with Gasteiger partial charge in [0, 0.05) is 34.4 Å². The normalized spacial score (nSPS) is 11.6. The maximum absolute atomic E-state index is 4.76. The third-order valence-corrected chi connectivity index (χ3v) is 7.13. The molecule has 0 radical (unpaired) electrons. The first-order valence-electron chi connectivity index (χ1n) is 12.2. The molecular formula is C32H29N3. The van der Waals surface area contributed by atoms with E-state index in [9.17, 15) is 0 Å². The summed E-state index contributed by atoms with van der Waals surface area (Å²) in [6, 6.07) is 26.5. The van der Waals surface area contributed by atoms with Gasteiger partial charge in [0.05, 0.1) is 16.7 Å². The first-order chi connectivity index (χ1) is 16.9. The largest absolute Gasteiger partial charge is 0.309 e. The van der Waals surface area contributed by atoms with Crippen molar-refractivity contribution in [1.82, 2.24) is 14.1 Å². The summed E-state index contributed by atoms with van der Waals surface area (Å²) in [6.45, 7) is 10.9. The summed E-state index contributed by atoms with van der Waals surface area (Å²) in [5, 5.41) is 2.63. The summed E-state index contributed by atoms with van der Waals surface area (Å²) in [7, 11) is 0. The van der Waals surface area contributed by atoms with Crippen molar-refractivity contribution in [2.75, 3.05) is 0 Å². The second kappa shape index (κ2) is 7.99. The molecule has 6 aromatic rings. The Hall–Kier alpha value is -4.11. The predicted octanol–water partition coefficient (Wildman–Crippen LogP) is 8.18. The number of aromatic nitrogens is 3. The minimum absolute atomic E-state index is 0.964.